The van der Waals surface area contributed by atoms with Gasteiger partial charge in [-0.05, 0) is 32.0 Å². The Bertz CT molecular complexity index is 1430. The predicted molar refractivity (Wildman–Crippen MR) is 121 cm³/mol. The van der Waals surface area contributed by atoms with Crippen molar-refractivity contribution in [1.29, 1.82) is 0 Å². The summed E-state index contributed by atoms with van der Waals surface area (Å²) in [4.78, 5) is 38.1. The molecular weight excluding hydrogens is 460 g/mol. The van der Waals surface area contributed by atoms with Crippen molar-refractivity contribution in [2.45, 2.75) is 20.5 Å². The predicted octanol–water partition coefficient (Wildman–Crippen LogP) is 3.46. The Hall–Kier alpha value is -5.14. The third-order valence-electron chi connectivity index (χ3n) is 4.91. The van der Waals surface area contributed by atoms with Crippen LogP contribution in [0.3, 0.4) is 0 Å². The molecule has 0 bridgehead atoms. The summed E-state index contributed by atoms with van der Waals surface area (Å²) in [6.07, 6.45) is 4.52. The third kappa shape index (κ3) is 5.11. The maximum Gasteiger partial charge on any atom is 0.312 e. The van der Waals surface area contributed by atoms with Crippen LogP contribution in [0.1, 0.15) is 21.9 Å². The molecule has 0 fully saturated rings. The van der Waals surface area contributed by atoms with Gasteiger partial charge in [0.1, 0.15) is 29.6 Å². The van der Waals surface area contributed by atoms with Gasteiger partial charge in [0.15, 0.2) is 5.69 Å². The third-order valence-corrected chi connectivity index (χ3v) is 4.91. The number of nitro benzene ring substituents is 1. The van der Waals surface area contributed by atoms with E-state index in [4.69, 9.17) is 4.74 Å². The van der Waals surface area contributed by atoms with Crippen LogP contribution in [0.4, 0.5) is 17.1 Å². The van der Waals surface area contributed by atoms with E-state index < -0.39 is 15.8 Å². The van der Waals surface area contributed by atoms with Crippen molar-refractivity contribution in [1.82, 2.24) is 24.5 Å². The van der Waals surface area contributed by atoms with Crippen molar-refractivity contribution in [3.63, 3.8) is 0 Å². The number of nitrogens with one attached hydrogen (secondary N) is 1. The maximum atomic E-state index is 12.7. The van der Waals surface area contributed by atoms with Gasteiger partial charge in [-0.25, -0.2) is 4.68 Å². The number of rotatable bonds is 8. The van der Waals surface area contributed by atoms with Crippen molar-refractivity contribution in [2.24, 2.45) is 0 Å². The number of non-ortho nitro benzene ring substituents is 1. The molecule has 0 radical (unpaired) electrons. The van der Waals surface area contributed by atoms with E-state index in [1.54, 1.807) is 25.3 Å². The van der Waals surface area contributed by atoms with E-state index in [0.717, 1.165) is 0 Å². The zero-order valence-corrected chi connectivity index (χ0v) is 18.5. The minimum Gasteiger partial charge on any atom is -0.455 e. The molecule has 4 aromatic rings. The molecule has 1 aromatic carbocycles. The first-order valence-electron chi connectivity index (χ1n) is 10.1. The van der Waals surface area contributed by atoms with E-state index in [0.29, 0.717) is 11.4 Å². The summed E-state index contributed by atoms with van der Waals surface area (Å²) in [5.41, 5.74) is 0.428. The number of anilines is 1. The zero-order chi connectivity index (χ0) is 25.1. The number of ether oxygens (including phenoxy) is 1. The molecular formula is C21H18N8O6. The van der Waals surface area contributed by atoms with E-state index in [2.05, 4.69) is 20.5 Å². The van der Waals surface area contributed by atoms with Gasteiger partial charge in [0.25, 0.3) is 11.6 Å². The number of hydrogen-bond donors (Lipinski definition) is 1. The first kappa shape index (κ1) is 23.0. The van der Waals surface area contributed by atoms with Crippen molar-refractivity contribution in [3.8, 4) is 11.5 Å². The van der Waals surface area contributed by atoms with Crippen LogP contribution < -0.4 is 10.1 Å². The lowest BCUT2D eigenvalue weighted by molar-refractivity contribution is -0.386. The standard InChI is InChI=1S/C21H18N8O6/c1-13-20(29(33)34)14(2)27(24-13)12-26-7-5-19(25-26)21(30)23-15-8-16(28(31)32)10-18(9-15)35-17-4-3-6-22-11-17/h3-11H,12H2,1-2H3,(H,23,30). The molecule has 0 spiro atoms. The molecule has 0 aliphatic rings. The van der Waals surface area contributed by atoms with Crippen molar-refractivity contribution in [2.75, 3.05) is 5.32 Å². The van der Waals surface area contributed by atoms with Gasteiger partial charge >= 0.3 is 5.69 Å². The van der Waals surface area contributed by atoms with Gasteiger partial charge in [0, 0.05) is 24.5 Å². The SMILES string of the molecule is Cc1nn(Cn2ccc(C(=O)Nc3cc(Oc4cccnc4)cc([N+](=O)[O-])c3)n2)c(C)c1[N+](=O)[O-]. The van der Waals surface area contributed by atoms with Gasteiger partial charge in [-0.15, -0.1) is 0 Å². The first-order chi connectivity index (χ1) is 16.7. The molecule has 0 atom stereocenters. The second kappa shape index (κ2) is 9.38. The van der Waals surface area contributed by atoms with E-state index >= 15 is 0 Å². The minimum absolute atomic E-state index is 0.0299. The number of hydrogen-bond acceptors (Lipinski definition) is 9. The smallest absolute Gasteiger partial charge is 0.312 e. The Morgan fingerprint density at radius 3 is 2.54 bits per heavy atom. The topological polar surface area (TPSA) is 173 Å². The number of pyridine rings is 1. The van der Waals surface area contributed by atoms with E-state index in [1.807, 2.05) is 0 Å². The van der Waals surface area contributed by atoms with Crippen molar-refractivity contribution >= 4 is 23.0 Å². The number of nitrogens with zero attached hydrogens (tertiary/aromatic N) is 7. The molecule has 14 heteroatoms. The van der Waals surface area contributed by atoms with Crippen LogP contribution in [0.5, 0.6) is 11.5 Å². The van der Waals surface area contributed by atoms with Gasteiger partial charge in [0.2, 0.25) is 0 Å². The summed E-state index contributed by atoms with van der Waals surface area (Å²) in [5.74, 6) is -0.108. The molecule has 0 saturated carbocycles. The van der Waals surface area contributed by atoms with Crippen molar-refractivity contribution in [3.05, 3.63) is 92.3 Å². The average Bonchev–Trinajstić information content (AvgIpc) is 3.38. The molecule has 0 saturated heterocycles. The van der Waals surface area contributed by atoms with Gasteiger partial charge in [0.05, 0.1) is 27.8 Å². The van der Waals surface area contributed by atoms with E-state index in [1.165, 1.54) is 52.9 Å². The molecule has 1 amide bonds. The minimum atomic E-state index is -0.615. The lowest BCUT2D eigenvalue weighted by Gasteiger charge is -2.09. The first-order valence-corrected chi connectivity index (χ1v) is 10.1. The monoisotopic (exact) mass is 478 g/mol. The highest BCUT2D eigenvalue weighted by Crippen LogP contribution is 2.29. The Labute approximate surface area is 197 Å². The number of carbonyl (C=O) groups is 1. The van der Waals surface area contributed by atoms with Crippen molar-refractivity contribution < 1.29 is 19.4 Å². The molecule has 178 valence electrons. The number of nitro groups is 2. The molecule has 0 aliphatic carbocycles. The summed E-state index contributed by atoms with van der Waals surface area (Å²) in [6.45, 7) is 3.16. The van der Waals surface area contributed by atoms with Gasteiger partial charge < -0.3 is 10.1 Å². The largest absolute Gasteiger partial charge is 0.455 e. The second-order valence-electron chi connectivity index (χ2n) is 7.38. The van der Waals surface area contributed by atoms with Crippen LogP contribution in [0.25, 0.3) is 0 Å². The molecule has 14 nitrogen and oxygen atoms in total. The lowest BCUT2D eigenvalue weighted by atomic mass is 10.2. The van der Waals surface area contributed by atoms with Crippen LogP contribution in [0, 0.1) is 34.1 Å². The highest BCUT2D eigenvalue weighted by atomic mass is 16.6. The normalized spacial score (nSPS) is 10.7. The number of benzene rings is 1. The fraction of sp³-hybridized carbons (Fsp3) is 0.143. The van der Waals surface area contributed by atoms with Crippen LogP contribution in [0.2, 0.25) is 0 Å². The number of carbonyl (C=O) groups excluding carboxylic acids is 1. The van der Waals surface area contributed by atoms with Crippen LogP contribution >= 0.6 is 0 Å². The summed E-state index contributed by atoms with van der Waals surface area (Å²) in [7, 11) is 0. The summed E-state index contributed by atoms with van der Waals surface area (Å²) < 4.78 is 8.41. The highest BCUT2D eigenvalue weighted by Gasteiger charge is 2.22. The summed E-state index contributed by atoms with van der Waals surface area (Å²) in [6, 6.07) is 8.58. The van der Waals surface area contributed by atoms with E-state index in [-0.39, 0.29) is 40.9 Å². The average molecular weight is 478 g/mol. The fourth-order valence-electron chi connectivity index (χ4n) is 3.35. The fourth-order valence-corrected chi connectivity index (χ4v) is 3.35. The molecule has 0 unspecified atom stereocenters. The number of aromatic nitrogens is 5. The van der Waals surface area contributed by atoms with Crippen LogP contribution in [0.15, 0.2) is 55.0 Å². The quantitative estimate of drug-likeness (QED) is 0.294. The summed E-state index contributed by atoms with van der Waals surface area (Å²) in [5, 5.41) is 33.4. The molecule has 4 rings (SSSR count). The Morgan fingerprint density at radius 2 is 1.89 bits per heavy atom. The molecule has 3 heterocycles. The number of amides is 1. The van der Waals surface area contributed by atoms with E-state index in [9.17, 15) is 25.0 Å². The molecule has 3 aromatic heterocycles. The molecule has 35 heavy (non-hydrogen) atoms. The Morgan fingerprint density at radius 1 is 1.09 bits per heavy atom. The maximum absolute atomic E-state index is 12.7. The van der Waals surface area contributed by atoms with Gasteiger partial charge in [-0.3, -0.25) is 34.7 Å². The van der Waals surface area contributed by atoms with Crippen LogP contribution in [-0.2, 0) is 6.67 Å². The number of aryl methyl sites for hydroxylation is 1. The Balaban J connectivity index is 1.52. The van der Waals surface area contributed by atoms with Gasteiger partial charge in [-0.2, -0.15) is 10.2 Å². The lowest BCUT2D eigenvalue weighted by Crippen LogP contribution is -2.16. The molecule has 0 aliphatic heterocycles. The van der Waals surface area contributed by atoms with Crippen LogP contribution in [-0.4, -0.2) is 40.3 Å². The Kier molecular flexibility index (Phi) is 6.17. The zero-order valence-electron chi connectivity index (χ0n) is 18.5. The molecule has 1 N–H and O–H groups in total. The second-order valence-corrected chi connectivity index (χ2v) is 7.38. The van der Waals surface area contributed by atoms with Gasteiger partial charge in [-0.1, -0.05) is 0 Å². The summed E-state index contributed by atoms with van der Waals surface area (Å²) >= 11 is 0. The highest BCUT2D eigenvalue weighted by molar-refractivity contribution is 6.03.